The standard InChI is InChI=1S/C23H23N3O3/c1-2-7-19-18(14-24-25-19)23(28)29-15-22(27)26-20-10-5-3-8-16(20)12-13-17-9-4-6-11-21(17)26/h3-6,8-11,14H,2,7,12-13,15H2,1H3,(H,24,25). The Labute approximate surface area is 169 Å². The molecule has 0 saturated heterocycles. The van der Waals surface area contributed by atoms with Crippen LogP contribution < -0.4 is 4.90 Å². The number of carbonyl (C=O) groups is 2. The van der Waals surface area contributed by atoms with E-state index in [2.05, 4.69) is 10.2 Å². The van der Waals surface area contributed by atoms with Crippen LogP contribution in [-0.4, -0.2) is 28.7 Å². The van der Waals surface area contributed by atoms with Crippen LogP contribution in [0, 0.1) is 0 Å². The summed E-state index contributed by atoms with van der Waals surface area (Å²) < 4.78 is 5.37. The van der Waals surface area contributed by atoms with Gasteiger partial charge in [0.15, 0.2) is 6.61 Å². The molecule has 29 heavy (non-hydrogen) atoms. The zero-order valence-corrected chi connectivity index (χ0v) is 16.4. The van der Waals surface area contributed by atoms with Crippen LogP contribution in [0.2, 0.25) is 0 Å². The van der Waals surface area contributed by atoms with Gasteiger partial charge in [-0.25, -0.2) is 4.79 Å². The number of rotatable bonds is 5. The second-order valence-corrected chi connectivity index (χ2v) is 7.07. The molecule has 0 spiro atoms. The zero-order chi connectivity index (χ0) is 20.2. The number of esters is 1. The van der Waals surface area contributed by atoms with Crippen molar-refractivity contribution in [1.29, 1.82) is 0 Å². The molecule has 1 N–H and O–H groups in total. The van der Waals surface area contributed by atoms with Crippen LogP contribution in [0.3, 0.4) is 0 Å². The van der Waals surface area contributed by atoms with Crippen LogP contribution in [0.15, 0.2) is 54.7 Å². The minimum atomic E-state index is -0.535. The van der Waals surface area contributed by atoms with Gasteiger partial charge >= 0.3 is 5.97 Å². The van der Waals surface area contributed by atoms with Crippen molar-refractivity contribution in [2.75, 3.05) is 11.5 Å². The molecule has 0 bridgehead atoms. The first kappa shape index (κ1) is 18.9. The van der Waals surface area contributed by atoms with E-state index in [4.69, 9.17) is 4.74 Å². The summed E-state index contributed by atoms with van der Waals surface area (Å²) in [5.41, 5.74) is 5.00. The number of H-pyrrole nitrogens is 1. The number of anilines is 2. The Morgan fingerprint density at radius 2 is 1.66 bits per heavy atom. The topological polar surface area (TPSA) is 75.3 Å². The van der Waals surface area contributed by atoms with Gasteiger partial charge in [0.1, 0.15) is 5.56 Å². The third kappa shape index (κ3) is 3.78. The second kappa shape index (κ2) is 8.31. The fraction of sp³-hybridized carbons (Fsp3) is 0.261. The molecule has 2 aromatic carbocycles. The van der Waals surface area contributed by atoms with Crippen LogP contribution in [0.5, 0.6) is 0 Å². The molecule has 148 valence electrons. The first-order chi connectivity index (χ1) is 14.2. The fourth-order valence-electron chi connectivity index (χ4n) is 3.75. The Hall–Kier alpha value is -3.41. The minimum Gasteiger partial charge on any atom is -0.452 e. The molecular formula is C23H23N3O3. The molecule has 0 atom stereocenters. The Kier molecular flexibility index (Phi) is 5.42. The van der Waals surface area contributed by atoms with E-state index in [1.165, 1.54) is 6.20 Å². The zero-order valence-electron chi connectivity index (χ0n) is 16.4. The van der Waals surface area contributed by atoms with E-state index in [1.807, 2.05) is 55.5 Å². The molecule has 3 aromatic rings. The average molecular weight is 389 g/mol. The highest BCUT2D eigenvalue weighted by Crippen LogP contribution is 2.36. The first-order valence-corrected chi connectivity index (χ1v) is 9.87. The van der Waals surface area contributed by atoms with E-state index < -0.39 is 5.97 Å². The van der Waals surface area contributed by atoms with Gasteiger partial charge in [0.2, 0.25) is 0 Å². The van der Waals surface area contributed by atoms with Crippen LogP contribution >= 0.6 is 0 Å². The van der Waals surface area contributed by atoms with E-state index in [-0.39, 0.29) is 12.5 Å². The number of para-hydroxylation sites is 2. The highest BCUT2D eigenvalue weighted by Gasteiger charge is 2.26. The number of carbonyl (C=O) groups excluding carboxylic acids is 2. The Bertz CT molecular complexity index is 994. The molecule has 4 rings (SSSR count). The molecule has 0 unspecified atom stereocenters. The molecule has 0 saturated carbocycles. The number of aromatic nitrogens is 2. The van der Waals surface area contributed by atoms with Gasteiger partial charge in [-0.15, -0.1) is 0 Å². The SMILES string of the molecule is CCCc1[nH]ncc1C(=O)OCC(=O)N1c2ccccc2CCc2ccccc21. The van der Waals surface area contributed by atoms with Crippen LogP contribution in [0.1, 0.15) is 40.5 Å². The second-order valence-electron chi connectivity index (χ2n) is 7.07. The lowest BCUT2D eigenvalue weighted by Gasteiger charge is -2.24. The summed E-state index contributed by atoms with van der Waals surface area (Å²) in [6.07, 6.45) is 4.74. The van der Waals surface area contributed by atoms with Crippen molar-refractivity contribution < 1.29 is 14.3 Å². The average Bonchev–Trinajstić information content (AvgIpc) is 3.13. The summed E-state index contributed by atoms with van der Waals surface area (Å²) in [4.78, 5) is 27.4. The number of aryl methyl sites for hydroxylation is 3. The number of aromatic amines is 1. The molecule has 1 aromatic heterocycles. The molecule has 1 amide bonds. The predicted octanol–water partition coefficient (Wildman–Crippen LogP) is 3.98. The van der Waals surface area contributed by atoms with Gasteiger partial charge in [0.05, 0.1) is 17.6 Å². The maximum atomic E-state index is 13.2. The van der Waals surface area contributed by atoms with Gasteiger partial charge in [-0.1, -0.05) is 49.7 Å². The molecule has 6 nitrogen and oxygen atoms in total. The normalized spacial score (nSPS) is 12.7. The lowest BCUT2D eigenvalue weighted by Crippen LogP contribution is -2.31. The molecule has 0 fully saturated rings. The minimum absolute atomic E-state index is 0.277. The number of hydrogen-bond donors (Lipinski definition) is 1. The summed E-state index contributed by atoms with van der Waals surface area (Å²) in [6.45, 7) is 1.69. The quantitative estimate of drug-likeness (QED) is 0.670. The summed E-state index contributed by atoms with van der Waals surface area (Å²) in [5.74, 6) is -0.812. The Balaban J connectivity index is 1.58. The van der Waals surface area contributed by atoms with Crippen molar-refractivity contribution >= 4 is 23.3 Å². The number of amides is 1. The summed E-state index contributed by atoms with van der Waals surface area (Å²) in [7, 11) is 0. The first-order valence-electron chi connectivity index (χ1n) is 9.87. The van der Waals surface area contributed by atoms with Crippen LogP contribution in [-0.2, 0) is 28.8 Å². The number of fused-ring (bicyclic) bond motifs is 2. The van der Waals surface area contributed by atoms with E-state index in [0.29, 0.717) is 12.0 Å². The van der Waals surface area contributed by atoms with Crippen molar-refractivity contribution in [3.05, 3.63) is 77.1 Å². The van der Waals surface area contributed by atoms with Gasteiger partial charge in [-0.3, -0.25) is 14.8 Å². The van der Waals surface area contributed by atoms with Gasteiger partial charge in [0, 0.05) is 5.69 Å². The molecule has 0 aliphatic carbocycles. The fourth-order valence-corrected chi connectivity index (χ4v) is 3.75. The molecular weight excluding hydrogens is 366 g/mol. The lowest BCUT2D eigenvalue weighted by molar-refractivity contribution is -0.120. The number of ether oxygens (including phenoxy) is 1. The molecule has 0 radical (unpaired) electrons. The molecule has 6 heteroatoms. The number of nitrogens with zero attached hydrogens (tertiary/aromatic N) is 2. The maximum absolute atomic E-state index is 13.2. The van der Waals surface area contributed by atoms with Crippen molar-refractivity contribution in [2.24, 2.45) is 0 Å². The highest BCUT2D eigenvalue weighted by atomic mass is 16.5. The predicted molar refractivity (Wildman–Crippen MR) is 110 cm³/mol. The van der Waals surface area contributed by atoms with E-state index in [0.717, 1.165) is 47.5 Å². The maximum Gasteiger partial charge on any atom is 0.342 e. The summed E-state index contributed by atoms with van der Waals surface area (Å²) >= 11 is 0. The third-order valence-electron chi connectivity index (χ3n) is 5.14. The van der Waals surface area contributed by atoms with Crippen LogP contribution in [0.25, 0.3) is 0 Å². The largest absolute Gasteiger partial charge is 0.452 e. The monoisotopic (exact) mass is 389 g/mol. The van der Waals surface area contributed by atoms with Crippen molar-refractivity contribution in [1.82, 2.24) is 10.2 Å². The van der Waals surface area contributed by atoms with Crippen molar-refractivity contribution in [2.45, 2.75) is 32.6 Å². The summed E-state index contributed by atoms with van der Waals surface area (Å²) in [6, 6.07) is 15.7. The lowest BCUT2D eigenvalue weighted by atomic mass is 10.0. The van der Waals surface area contributed by atoms with Crippen molar-refractivity contribution in [3.8, 4) is 0 Å². The van der Waals surface area contributed by atoms with Gasteiger partial charge < -0.3 is 4.74 Å². The van der Waals surface area contributed by atoms with E-state index in [9.17, 15) is 9.59 Å². The molecule has 1 aliphatic rings. The molecule has 1 aliphatic heterocycles. The van der Waals surface area contributed by atoms with E-state index in [1.54, 1.807) is 4.90 Å². The number of nitrogens with one attached hydrogen (secondary N) is 1. The van der Waals surface area contributed by atoms with Gasteiger partial charge in [-0.2, -0.15) is 5.10 Å². The Morgan fingerprint density at radius 1 is 1.03 bits per heavy atom. The Morgan fingerprint density at radius 3 is 2.28 bits per heavy atom. The van der Waals surface area contributed by atoms with Gasteiger partial charge in [0.25, 0.3) is 5.91 Å². The van der Waals surface area contributed by atoms with Crippen molar-refractivity contribution in [3.63, 3.8) is 0 Å². The van der Waals surface area contributed by atoms with Crippen LogP contribution in [0.4, 0.5) is 11.4 Å². The summed E-state index contributed by atoms with van der Waals surface area (Å²) in [5, 5.41) is 6.76. The molecule has 2 heterocycles. The highest BCUT2D eigenvalue weighted by molar-refractivity contribution is 6.04. The number of hydrogen-bond acceptors (Lipinski definition) is 4. The number of benzene rings is 2. The third-order valence-corrected chi connectivity index (χ3v) is 5.14. The smallest absolute Gasteiger partial charge is 0.342 e. The van der Waals surface area contributed by atoms with E-state index >= 15 is 0 Å². The van der Waals surface area contributed by atoms with Gasteiger partial charge in [-0.05, 0) is 42.5 Å².